The molecule has 2 atom stereocenters. The third kappa shape index (κ3) is 4.74. The summed E-state index contributed by atoms with van der Waals surface area (Å²) in [6.07, 6.45) is 6.87. The lowest BCUT2D eigenvalue weighted by Gasteiger charge is -2.21. The van der Waals surface area contributed by atoms with Crippen LogP contribution in [0.5, 0.6) is 0 Å². The van der Waals surface area contributed by atoms with E-state index in [1.807, 2.05) is 29.7 Å². The number of methoxy groups -OCH3 is 1. The van der Waals surface area contributed by atoms with Crippen LogP contribution in [0.1, 0.15) is 25.3 Å². The topological polar surface area (TPSA) is 59.4 Å². The van der Waals surface area contributed by atoms with Gasteiger partial charge < -0.3 is 15.0 Å². The highest BCUT2D eigenvalue weighted by Crippen LogP contribution is 2.20. The Morgan fingerprint density at radius 3 is 3.10 bits per heavy atom. The van der Waals surface area contributed by atoms with Gasteiger partial charge in [-0.05, 0) is 37.7 Å². The Morgan fingerprint density at radius 2 is 2.43 bits per heavy atom. The van der Waals surface area contributed by atoms with Gasteiger partial charge in [-0.15, -0.1) is 0 Å². The monoisotopic (exact) mass is 294 g/mol. The molecule has 1 N–H and O–H groups in total. The van der Waals surface area contributed by atoms with E-state index in [1.165, 1.54) is 5.56 Å². The molecule has 0 bridgehead atoms. The molecule has 6 heteroatoms. The van der Waals surface area contributed by atoms with Crippen molar-refractivity contribution >= 4 is 6.03 Å². The lowest BCUT2D eigenvalue weighted by atomic mass is 10.0. The molecular weight excluding hydrogens is 268 g/mol. The van der Waals surface area contributed by atoms with Crippen LogP contribution in [0.4, 0.5) is 4.79 Å². The Hall–Kier alpha value is -1.56. The second-order valence-electron chi connectivity index (χ2n) is 5.96. The van der Waals surface area contributed by atoms with Crippen LogP contribution in [0.2, 0.25) is 0 Å². The number of hydrogen-bond donors (Lipinski definition) is 1. The van der Waals surface area contributed by atoms with Gasteiger partial charge in [0.15, 0.2) is 0 Å². The standard InChI is InChI=1S/C15H26N4O2/c1-12(5-7-21-3)17-15(20)19-6-4-13(11-19)8-14-9-16-18(2)10-14/h9-10,12-13H,4-8,11H2,1-3H3,(H,17,20)/t12-,13+/m1/s1. The summed E-state index contributed by atoms with van der Waals surface area (Å²) in [5.74, 6) is 0.536. The molecule has 1 saturated heterocycles. The first kappa shape index (κ1) is 15.8. The number of urea groups is 1. The van der Waals surface area contributed by atoms with Gasteiger partial charge in [0.2, 0.25) is 0 Å². The largest absolute Gasteiger partial charge is 0.385 e. The van der Waals surface area contributed by atoms with Crippen LogP contribution in [0.15, 0.2) is 12.4 Å². The van der Waals surface area contributed by atoms with Gasteiger partial charge in [-0.1, -0.05) is 0 Å². The number of aromatic nitrogens is 2. The second-order valence-corrected chi connectivity index (χ2v) is 5.96. The molecule has 1 aromatic rings. The summed E-state index contributed by atoms with van der Waals surface area (Å²) in [7, 11) is 3.61. The number of likely N-dealkylation sites (tertiary alicyclic amines) is 1. The third-order valence-corrected chi connectivity index (χ3v) is 3.98. The SMILES string of the molecule is COCC[C@@H](C)NC(=O)N1CC[C@@H](Cc2cnn(C)c2)C1. The molecule has 0 saturated carbocycles. The minimum absolute atomic E-state index is 0.0484. The van der Waals surface area contributed by atoms with Crippen LogP contribution in [-0.2, 0) is 18.2 Å². The van der Waals surface area contributed by atoms with Gasteiger partial charge in [-0.25, -0.2) is 4.79 Å². The van der Waals surface area contributed by atoms with E-state index in [-0.39, 0.29) is 12.1 Å². The lowest BCUT2D eigenvalue weighted by molar-refractivity contribution is 0.177. The molecule has 2 rings (SSSR count). The molecule has 1 aromatic heterocycles. The van der Waals surface area contributed by atoms with Gasteiger partial charge in [-0.3, -0.25) is 4.68 Å². The maximum atomic E-state index is 12.2. The van der Waals surface area contributed by atoms with Crippen molar-refractivity contribution in [2.45, 2.75) is 32.2 Å². The minimum atomic E-state index is 0.0484. The Morgan fingerprint density at radius 1 is 1.62 bits per heavy atom. The molecule has 6 nitrogen and oxygen atoms in total. The normalized spacial score (nSPS) is 19.8. The van der Waals surface area contributed by atoms with E-state index in [2.05, 4.69) is 16.6 Å². The molecule has 0 aliphatic carbocycles. The van der Waals surface area contributed by atoms with E-state index in [1.54, 1.807) is 7.11 Å². The molecule has 1 fully saturated rings. The number of aryl methyl sites for hydroxylation is 1. The summed E-state index contributed by atoms with van der Waals surface area (Å²) in [4.78, 5) is 14.1. The van der Waals surface area contributed by atoms with Crippen LogP contribution in [0.3, 0.4) is 0 Å². The smallest absolute Gasteiger partial charge is 0.317 e. The zero-order chi connectivity index (χ0) is 15.2. The van der Waals surface area contributed by atoms with Crippen molar-refractivity contribution in [1.82, 2.24) is 20.0 Å². The zero-order valence-corrected chi connectivity index (χ0v) is 13.2. The number of nitrogens with one attached hydrogen (secondary N) is 1. The van der Waals surface area contributed by atoms with Gasteiger partial charge in [0.25, 0.3) is 0 Å². The number of carbonyl (C=O) groups is 1. The van der Waals surface area contributed by atoms with Gasteiger partial charge in [0.1, 0.15) is 0 Å². The Balaban J connectivity index is 1.75. The first-order chi connectivity index (χ1) is 10.1. The molecule has 2 heterocycles. The van der Waals surface area contributed by atoms with Gasteiger partial charge in [-0.2, -0.15) is 5.10 Å². The average molecular weight is 294 g/mol. The minimum Gasteiger partial charge on any atom is -0.385 e. The quantitative estimate of drug-likeness (QED) is 0.863. The lowest BCUT2D eigenvalue weighted by Crippen LogP contribution is -2.43. The first-order valence-electron chi connectivity index (χ1n) is 7.60. The van der Waals surface area contributed by atoms with Gasteiger partial charge in [0, 0.05) is 46.1 Å². The van der Waals surface area contributed by atoms with Gasteiger partial charge in [0.05, 0.1) is 6.20 Å². The number of ether oxygens (including phenoxy) is 1. The molecule has 1 aliphatic rings. The highest BCUT2D eigenvalue weighted by Gasteiger charge is 2.27. The van der Waals surface area contributed by atoms with Gasteiger partial charge >= 0.3 is 6.03 Å². The van der Waals surface area contributed by atoms with Crippen molar-refractivity contribution in [1.29, 1.82) is 0 Å². The molecular formula is C15H26N4O2. The van der Waals surface area contributed by atoms with E-state index >= 15 is 0 Å². The summed E-state index contributed by atoms with van der Waals surface area (Å²) < 4.78 is 6.86. The van der Waals surface area contributed by atoms with Crippen LogP contribution in [0.25, 0.3) is 0 Å². The first-order valence-corrected chi connectivity index (χ1v) is 7.60. The predicted molar refractivity (Wildman–Crippen MR) is 81.1 cm³/mol. The fraction of sp³-hybridized carbons (Fsp3) is 0.733. The number of carbonyl (C=O) groups excluding carboxylic acids is 1. The number of amides is 2. The van der Waals surface area contributed by atoms with E-state index in [9.17, 15) is 4.79 Å². The van der Waals surface area contributed by atoms with E-state index < -0.39 is 0 Å². The van der Waals surface area contributed by atoms with Crippen molar-refractivity contribution in [2.75, 3.05) is 26.8 Å². The van der Waals surface area contributed by atoms with Crippen molar-refractivity contribution < 1.29 is 9.53 Å². The van der Waals surface area contributed by atoms with Crippen molar-refractivity contribution in [3.8, 4) is 0 Å². The Kier molecular flexibility index (Phi) is 5.61. The molecule has 21 heavy (non-hydrogen) atoms. The fourth-order valence-corrected chi connectivity index (χ4v) is 2.76. The summed E-state index contributed by atoms with van der Waals surface area (Å²) >= 11 is 0. The summed E-state index contributed by atoms with van der Waals surface area (Å²) in [5.41, 5.74) is 1.25. The van der Waals surface area contributed by atoms with Crippen LogP contribution in [0, 0.1) is 5.92 Å². The molecule has 0 radical (unpaired) electrons. The highest BCUT2D eigenvalue weighted by atomic mass is 16.5. The Labute approximate surface area is 126 Å². The molecule has 2 amide bonds. The van der Waals surface area contributed by atoms with Crippen LogP contribution >= 0.6 is 0 Å². The van der Waals surface area contributed by atoms with E-state index in [0.717, 1.165) is 32.4 Å². The van der Waals surface area contributed by atoms with E-state index in [0.29, 0.717) is 12.5 Å². The molecule has 0 spiro atoms. The zero-order valence-electron chi connectivity index (χ0n) is 13.2. The van der Waals surface area contributed by atoms with Crippen molar-refractivity contribution in [3.63, 3.8) is 0 Å². The van der Waals surface area contributed by atoms with Crippen molar-refractivity contribution in [2.24, 2.45) is 13.0 Å². The summed E-state index contributed by atoms with van der Waals surface area (Å²) in [5, 5.41) is 7.23. The third-order valence-electron chi connectivity index (χ3n) is 3.98. The molecule has 0 unspecified atom stereocenters. The highest BCUT2D eigenvalue weighted by molar-refractivity contribution is 5.74. The van der Waals surface area contributed by atoms with Crippen molar-refractivity contribution in [3.05, 3.63) is 18.0 Å². The Bertz CT molecular complexity index is 460. The molecule has 1 aliphatic heterocycles. The maximum Gasteiger partial charge on any atom is 0.317 e. The van der Waals surface area contributed by atoms with Crippen LogP contribution in [-0.4, -0.2) is 53.6 Å². The summed E-state index contributed by atoms with van der Waals surface area (Å²) in [6.45, 7) is 4.36. The fourth-order valence-electron chi connectivity index (χ4n) is 2.76. The van der Waals surface area contributed by atoms with E-state index in [4.69, 9.17) is 4.74 Å². The maximum absolute atomic E-state index is 12.2. The predicted octanol–water partition coefficient (Wildman–Crippen LogP) is 1.42. The second kappa shape index (κ2) is 7.45. The average Bonchev–Trinajstić information content (AvgIpc) is 3.06. The molecule has 0 aromatic carbocycles. The number of hydrogen-bond acceptors (Lipinski definition) is 3. The molecule has 118 valence electrons. The summed E-state index contributed by atoms with van der Waals surface area (Å²) in [6, 6.07) is 0.196. The van der Waals surface area contributed by atoms with Crippen LogP contribution < -0.4 is 5.32 Å². The number of rotatable bonds is 6. The number of nitrogens with zero attached hydrogens (tertiary/aromatic N) is 3.